The van der Waals surface area contributed by atoms with Crippen LogP contribution in [0.15, 0.2) is 0 Å². The van der Waals surface area contributed by atoms with Crippen LogP contribution in [0.1, 0.15) is 33.6 Å². The van der Waals surface area contributed by atoms with E-state index in [9.17, 15) is 4.79 Å². The average Bonchev–Trinajstić information content (AvgIpc) is 2.03. The summed E-state index contributed by atoms with van der Waals surface area (Å²) in [5.74, 6) is 1.14. The molecule has 0 saturated carbocycles. The first kappa shape index (κ1) is 12.0. The molecule has 0 fully saturated rings. The minimum atomic E-state index is -0.235. The van der Waals surface area contributed by atoms with Crippen molar-refractivity contribution in [3.63, 3.8) is 0 Å². The maximum atomic E-state index is 11.0. The molecule has 0 aliphatic rings. The van der Waals surface area contributed by atoms with Gasteiger partial charge in [0.25, 0.3) is 0 Å². The third-order valence-electron chi connectivity index (χ3n) is 1.42. The van der Waals surface area contributed by atoms with Gasteiger partial charge in [0, 0.05) is 6.61 Å². The number of carbonyl (C=O) groups excluding carboxylic acids is 1. The van der Waals surface area contributed by atoms with Gasteiger partial charge < -0.3 is 4.74 Å². The van der Waals surface area contributed by atoms with E-state index in [2.05, 4.69) is 6.92 Å². The van der Waals surface area contributed by atoms with Crippen LogP contribution in [-0.2, 0) is 9.53 Å². The molecule has 1 atom stereocenters. The lowest BCUT2D eigenvalue weighted by Gasteiger charge is -2.12. The number of Topliss-reactive ketones (excluding diaryl/α,β-unsaturated/α-hetero) is 1. The van der Waals surface area contributed by atoms with Crippen LogP contribution in [-0.4, -0.2) is 23.6 Å². The molecule has 0 bridgehead atoms. The summed E-state index contributed by atoms with van der Waals surface area (Å²) in [5, 5.41) is 0. The molecule has 0 aromatic carbocycles. The quantitative estimate of drug-likeness (QED) is 0.455. The van der Waals surface area contributed by atoms with Gasteiger partial charge in [-0.25, -0.2) is 0 Å². The fraction of sp³-hybridized carbons (Fsp3) is 0.889. The van der Waals surface area contributed by atoms with Crippen molar-refractivity contribution in [1.29, 1.82) is 0 Å². The van der Waals surface area contributed by atoms with Gasteiger partial charge in [-0.05, 0) is 26.0 Å². The van der Waals surface area contributed by atoms with Gasteiger partial charge in [-0.1, -0.05) is 13.3 Å². The van der Waals surface area contributed by atoms with Crippen molar-refractivity contribution in [1.82, 2.24) is 0 Å². The zero-order chi connectivity index (χ0) is 9.40. The number of rotatable bonds is 7. The van der Waals surface area contributed by atoms with Crippen LogP contribution in [0.25, 0.3) is 0 Å². The van der Waals surface area contributed by atoms with Crippen LogP contribution in [0.5, 0.6) is 0 Å². The molecular formula is C9H18O2S. The van der Waals surface area contributed by atoms with Gasteiger partial charge in [0.1, 0.15) is 0 Å². The van der Waals surface area contributed by atoms with Crippen molar-refractivity contribution >= 4 is 17.5 Å². The van der Waals surface area contributed by atoms with E-state index in [1.807, 2.05) is 6.92 Å². The SMILES string of the molecule is CCCCSC(OCC)C(C)=O. The second kappa shape index (κ2) is 7.62. The van der Waals surface area contributed by atoms with Crippen molar-refractivity contribution in [3.8, 4) is 0 Å². The number of ketones is 1. The van der Waals surface area contributed by atoms with Crippen LogP contribution in [0.2, 0.25) is 0 Å². The second-order valence-corrected chi connectivity index (χ2v) is 3.79. The van der Waals surface area contributed by atoms with E-state index >= 15 is 0 Å². The molecule has 72 valence electrons. The molecule has 0 aliphatic heterocycles. The van der Waals surface area contributed by atoms with Crippen LogP contribution < -0.4 is 0 Å². The van der Waals surface area contributed by atoms with Crippen molar-refractivity contribution in [3.05, 3.63) is 0 Å². The van der Waals surface area contributed by atoms with Crippen LogP contribution in [0.4, 0.5) is 0 Å². The lowest BCUT2D eigenvalue weighted by molar-refractivity contribution is -0.123. The Labute approximate surface area is 79.1 Å². The molecular weight excluding hydrogens is 172 g/mol. The molecule has 0 rings (SSSR count). The minimum Gasteiger partial charge on any atom is -0.360 e. The summed E-state index contributed by atoms with van der Waals surface area (Å²) in [5.41, 5.74) is -0.235. The van der Waals surface area contributed by atoms with E-state index in [0.717, 1.165) is 12.2 Å². The number of hydrogen-bond acceptors (Lipinski definition) is 3. The Bertz CT molecular complexity index is 126. The highest BCUT2D eigenvalue weighted by Crippen LogP contribution is 2.15. The van der Waals surface area contributed by atoms with E-state index < -0.39 is 0 Å². The molecule has 0 aromatic rings. The molecule has 0 amide bonds. The monoisotopic (exact) mass is 190 g/mol. The molecule has 2 nitrogen and oxygen atoms in total. The first-order chi connectivity index (χ1) is 5.72. The third-order valence-corrected chi connectivity index (χ3v) is 2.71. The Hall–Kier alpha value is -0.0200. The first-order valence-corrected chi connectivity index (χ1v) is 5.50. The van der Waals surface area contributed by atoms with Gasteiger partial charge in [-0.2, -0.15) is 0 Å². The van der Waals surface area contributed by atoms with Gasteiger partial charge in [0.05, 0.1) is 0 Å². The molecule has 0 N–H and O–H groups in total. The van der Waals surface area contributed by atoms with Crippen molar-refractivity contribution < 1.29 is 9.53 Å². The highest BCUT2D eigenvalue weighted by molar-refractivity contribution is 8.00. The van der Waals surface area contributed by atoms with Crippen molar-refractivity contribution in [2.45, 2.75) is 39.0 Å². The predicted octanol–water partition coefficient (Wildman–Crippen LogP) is 2.47. The third kappa shape index (κ3) is 5.61. The van der Waals surface area contributed by atoms with Crippen LogP contribution >= 0.6 is 11.8 Å². The Morgan fingerprint density at radius 2 is 2.17 bits per heavy atom. The lowest BCUT2D eigenvalue weighted by Crippen LogP contribution is -2.18. The standard InChI is InChI=1S/C9H18O2S/c1-4-6-7-12-9(8(3)10)11-5-2/h9H,4-7H2,1-3H3. The second-order valence-electron chi connectivity index (χ2n) is 2.62. The van der Waals surface area contributed by atoms with Gasteiger partial charge in [-0.3, -0.25) is 4.79 Å². The number of thioether (sulfide) groups is 1. The van der Waals surface area contributed by atoms with E-state index in [0.29, 0.717) is 6.61 Å². The molecule has 0 aliphatic carbocycles. The zero-order valence-corrected chi connectivity index (χ0v) is 8.95. The van der Waals surface area contributed by atoms with Gasteiger partial charge in [0.2, 0.25) is 0 Å². The molecule has 0 aromatic heterocycles. The van der Waals surface area contributed by atoms with E-state index in [4.69, 9.17) is 4.74 Å². The normalized spacial score (nSPS) is 12.9. The molecule has 1 unspecified atom stereocenters. The number of carbonyl (C=O) groups is 1. The fourth-order valence-corrected chi connectivity index (χ4v) is 1.91. The molecule has 0 saturated heterocycles. The maximum Gasteiger partial charge on any atom is 0.168 e. The lowest BCUT2D eigenvalue weighted by atomic mass is 10.4. The molecule has 0 spiro atoms. The Morgan fingerprint density at radius 3 is 2.58 bits per heavy atom. The highest BCUT2D eigenvalue weighted by atomic mass is 32.2. The highest BCUT2D eigenvalue weighted by Gasteiger charge is 2.13. The fourth-order valence-electron chi connectivity index (χ4n) is 0.769. The van der Waals surface area contributed by atoms with Crippen LogP contribution in [0.3, 0.4) is 0 Å². The Morgan fingerprint density at radius 1 is 1.50 bits per heavy atom. The van der Waals surface area contributed by atoms with Crippen molar-refractivity contribution in [2.75, 3.05) is 12.4 Å². The summed E-state index contributed by atoms with van der Waals surface area (Å²) in [6.07, 6.45) is 2.32. The summed E-state index contributed by atoms with van der Waals surface area (Å²) in [6, 6.07) is 0. The topological polar surface area (TPSA) is 26.3 Å². The molecule has 0 radical (unpaired) electrons. The smallest absolute Gasteiger partial charge is 0.168 e. The summed E-state index contributed by atoms with van der Waals surface area (Å²) < 4.78 is 5.26. The average molecular weight is 190 g/mol. The summed E-state index contributed by atoms with van der Waals surface area (Å²) in [7, 11) is 0. The number of unbranched alkanes of at least 4 members (excludes halogenated alkanes) is 1. The van der Waals surface area contributed by atoms with E-state index in [-0.39, 0.29) is 11.2 Å². The summed E-state index contributed by atoms with van der Waals surface area (Å²) >= 11 is 1.61. The summed E-state index contributed by atoms with van der Waals surface area (Å²) in [6.45, 7) is 6.25. The number of ether oxygens (including phenoxy) is 1. The molecule has 3 heteroatoms. The maximum absolute atomic E-state index is 11.0. The molecule has 0 heterocycles. The number of hydrogen-bond donors (Lipinski definition) is 0. The van der Waals surface area contributed by atoms with E-state index in [1.54, 1.807) is 18.7 Å². The van der Waals surface area contributed by atoms with Crippen molar-refractivity contribution in [2.24, 2.45) is 0 Å². The van der Waals surface area contributed by atoms with Crippen LogP contribution in [0, 0.1) is 0 Å². The Kier molecular flexibility index (Phi) is 7.61. The largest absolute Gasteiger partial charge is 0.360 e. The van der Waals surface area contributed by atoms with E-state index in [1.165, 1.54) is 6.42 Å². The predicted molar refractivity (Wildman–Crippen MR) is 53.5 cm³/mol. The van der Waals surface area contributed by atoms with Gasteiger partial charge in [-0.15, -0.1) is 11.8 Å². The summed E-state index contributed by atoms with van der Waals surface area (Å²) in [4.78, 5) is 11.0. The zero-order valence-electron chi connectivity index (χ0n) is 8.13. The van der Waals surface area contributed by atoms with Gasteiger partial charge >= 0.3 is 0 Å². The minimum absolute atomic E-state index is 0.123. The molecule has 12 heavy (non-hydrogen) atoms. The first-order valence-electron chi connectivity index (χ1n) is 4.46. The van der Waals surface area contributed by atoms with Gasteiger partial charge in [0.15, 0.2) is 11.2 Å². The Balaban J connectivity index is 3.56.